The first-order valence-electron chi connectivity index (χ1n) is 14.2. The Labute approximate surface area is 209 Å². The normalized spacial score (nSPS) is 24.8. The zero-order chi connectivity index (χ0) is 23.6. The second kappa shape index (κ2) is 13.2. The van der Waals surface area contributed by atoms with Crippen molar-refractivity contribution >= 4 is 0 Å². The van der Waals surface area contributed by atoms with E-state index in [1.54, 1.807) is 0 Å². The van der Waals surface area contributed by atoms with E-state index >= 15 is 0 Å². The molecule has 184 valence electrons. The van der Waals surface area contributed by atoms with Gasteiger partial charge in [-0.3, -0.25) is 0 Å². The highest BCUT2D eigenvalue weighted by atomic mass is 16.5. The number of ether oxygens (including phenoxy) is 1. The largest absolute Gasteiger partial charge is 0.489 e. The van der Waals surface area contributed by atoms with Gasteiger partial charge in [-0.25, -0.2) is 0 Å². The van der Waals surface area contributed by atoms with E-state index in [2.05, 4.69) is 74.5 Å². The third-order valence-electron chi connectivity index (χ3n) is 8.39. The van der Waals surface area contributed by atoms with Crippen LogP contribution < -0.4 is 4.74 Å². The summed E-state index contributed by atoms with van der Waals surface area (Å²) in [6.07, 6.45) is 21.7. The van der Waals surface area contributed by atoms with Crippen LogP contribution in [0.3, 0.4) is 0 Å². The fraction of sp³-hybridized carbons (Fsp3) is 0.576. The summed E-state index contributed by atoms with van der Waals surface area (Å²) in [6.45, 7) is 5.17. The molecule has 1 saturated carbocycles. The van der Waals surface area contributed by atoms with Crippen molar-refractivity contribution in [3.63, 3.8) is 0 Å². The van der Waals surface area contributed by atoms with Gasteiger partial charge < -0.3 is 4.74 Å². The average Bonchev–Trinajstić information content (AvgIpc) is 2.89. The van der Waals surface area contributed by atoms with E-state index < -0.39 is 0 Å². The van der Waals surface area contributed by atoms with Gasteiger partial charge in [-0.15, -0.1) is 0 Å². The van der Waals surface area contributed by atoms with Crippen molar-refractivity contribution in [2.75, 3.05) is 0 Å². The van der Waals surface area contributed by atoms with Crippen LogP contribution in [0.5, 0.6) is 5.75 Å². The number of aryl methyl sites for hydroxylation is 1. The van der Waals surface area contributed by atoms with Crippen LogP contribution in [-0.2, 0) is 13.0 Å². The van der Waals surface area contributed by atoms with Crippen LogP contribution in [0.1, 0.15) is 107 Å². The Morgan fingerprint density at radius 2 is 1.44 bits per heavy atom. The number of hydrogen-bond acceptors (Lipinski definition) is 1. The highest BCUT2D eigenvalue weighted by Gasteiger charge is 2.28. The molecule has 0 aromatic heterocycles. The molecule has 2 aliphatic rings. The summed E-state index contributed by atoms with van der Waals surface area (Å²) in [5, 5.41) is 0. The number of rotatable bonds is 11. The first-order chi connectivity index (χ1) is 16.7. The van der Waals surface area contributed by atoms with Gasteiger partial charge in [-0.2, -0.15) is 0 Å². The predicted molar refractivity (Wildman–Crippen MR) is 145 cm³/mol. The quantitative estimate of drug-likeness (QED) is 0.240. The van der Waals surface area contributed by atoms with Gasteiger partial charge in [0.25, 0.3) is 0 Å². The molecule has 0 N–H and O–H groups in total. The van der Waals surface area contributed by atoms with E-state index in [4.69, 9.17) is 4.74 Å². The molecular formula is C33H46O. The molecule has 0 saturated heterocycles. The number of allylic oxidation sites excluding steroid dienone is 2. The van der Waals surface area contributed by atoms with Crippen molar-refractivity contribution in [1.82, 2.24) is 0 Å². The molecule has 0 amide bonds. The summed E-state index contributed by atoms with van der Waals surface area (Å²) in [5.41, 5.74) is 4.09. The Balaban J connectivity index is 1.21. The molecule has 1 fully saturated rings. The van der Waals surface area contributed by atoms with Crippen molar-refractivity contribution < 1.29 is 4.74 Å². The topological polar surface area (TPSA) is 9.23 Å². The highest BCUT2D eigenvalue weighted by molar-refractivity contribution is 5.30. The van der Waals surface area contributed by atoms with Crippen molar-refractivity contribution in [3.05, 3.63) is 77.4 Å². The fourth-order valence-electron chi connectivity index (χ4n) is 6.17. The Hall–Kier alpha value is -2.02. The van der Waals surface area contributed by atoms with Crippen LogP contribution in [-0.4, -0.2) is 0 Å². The van der Waals surface area contributed by atoms with Crippen molar-refractivity contribution in [2.45, 2.75) is 103 Å². The van der Waals surface area contributed by atoms with Crippen molar-refractivity contribution in [3.8, 4) is 5.75 Å². The lowest BCUT2D eigenvalue weighted by Gasteiger charge is -2.35. The summed E-state index contributed by atoms with van der Waals surface area (Å²) in [7, 11) is 0. The average molecular weight is 459 g/mol. The van der Waals surface area contributed by atoms with Crippen LogP contribution in [0.25, 0.3) is 0 Å². The minimum absolute atomic E-state index is 0.586. The monoisotopic (exact) mass is 458 g/mol. The molecule has 1 nitrogen and oxygen atoms in total. The predicted octanol–water partition coefficient (Wildman–Crippen LogP) is 9.65. The third kappa shape index (κ3) is 7.24. The van der Waals surface area contributed by atoms with Crippen LogP contribution in [0.15, 0.2) is 60.7 Å². The Morgan fingerprint density at radius 1 is 0.706 bits per heavy atom. The van der Waals surface area contributed by atoms with Gasteiger partial charge in [0.2, 0.25) is 0 Å². The van der Waals surface area contributed by atoms with Crippen molar-refractivity contribution in [1.29, 1.82) is 0 Å². The lowest BCUT2D eigenvalue weighted by atomic mass is 9.70. The molecule has 2 aromatic rings. The molecule has 0 aliphatic heterocycles. The smallest absolute Gasteiger partial charge is 0.119 e. The van der Waals surface area contributed by atoms with Gasteiger partial charge in [-0.1, -0.05) is 107 Å². The van der Waals surface area contributed by atoms with Gasteiger partial charge >= 0.3 is 0 Å². The molecule has 0 heterocycles. The lowest BCUT2D eigenvalue weighted by Crippen LogP contribution is -2.23. The highest BCUT2D eigenvalue weighted by Crippen LogP contribution is 2.41. The molecule has 2 aromatic carbocycles. The van der Waals surface area contributed by atoms with Gasteiger partial charge in [0, 0.05) is 5.92 Å². The van der Waals surface area contributed by atoms with Crippen LogP contribution in [0.2, 0.25) is 0 Å². The third-order valence-corrected chi connectivity index (χ3v) is 8.39. The van der Waals surface area contributed by atoms with E-state index in [1.165, 1.54) is 87.3 Å². The van der Waals surface area contributed by atoms with Crippen LogP contribution in [0.4, 0.5) is 0 Å². The first-order valence-corrected chi connectivity index (χ1v) is 14.2. The molecule has 0 bridgehead atoms. The van der Waals surface area contributed by atoms with E-state index in [0.29, 0.717) is 12.5 Å². The maximum Gasteiger partial charge on any atom is 0.119 e. The van der Waals surface area contributed by atoms with Gasteiger partial charge in [-0.05, 0) is 78.7 Å². The number of unbranched alkanes of at least 4 members (excludes halogenated alkanes) is 2. The molecule has 2 unspecified atom stereocenters. The second-order valence-electron chi connectivity index (χ2n) is 10.9. The maximum atomic E-state index is 6.01. The van der Waals surface area contributed by atoms with E-state index in [9.17, 15) is 0 Å². The van der Waals surface area contributed by atoms with Crippen molar-refractivity contribution in [2.24, 2.45) is 17.8 Å². The summed E-state index contributed by atoms with van der Waals surface area (Å²) < 4.78 is 6.01. The van der Waals surface area contributed by atoms with Gasteiger partial charge in [0.15, 0.2) is 0 Å². The zero-order valence-electron chi connectivity index (χ0n) is 21.7. The minimum Gasteiger partial charge on any atom is -0.489 e. The fourth-order valence-corrected chi connectivity index (χ4v) is 6.17. The number of benzene rings is 2. The summed E-state index contributed by atoms with van der Waals surface area (Å²) in [4.78, 5) is 0. The Kier molecular flexibility index (Phi) is 9.72. The first kappa shape index (κ1) is 25.1. The Bertz CT molecular complexity index is 854. The Morgan fingerprint density at radius 3 is 2.09 bits per heavy atom. The molecule has 4 rings (SSSR count). The van der Waals surface area contributed by atoms with Gasteiger partial charge in [0.1, 0.15) is 12.4 Å². The molecule has 2 aliphatic carbocycles. The lowest BCUT2D eigenvalue weighted by molar-refractivity contribution is 0.207. The maximum absolute atomic E-state index is 6.01. The van der Waals surface area contributed by atoms with E-state index in [1.807, 2.05) is 0 Å². The van der Waals surface area contributed by atoms with Crippen LogP contribution >= 0.6 is 0 Å². The molecule has 34 heavy (non-hydrogen) atoms. The van der Waals surface area contributed by atoms with E-state index in [-0.39, 0.29) is 0 Å². The molecular weight excluding hydrogens is 412 g/mol. The minimum atomic E-state index is 0.586. The second-order valence-corrected chi connectivity index (χ2v) is 10.9. The molecule has 2 atom stereocenters. The molecule has 0 radical (unpaired) electrons. The standard InChI is InChI=1S/C33H46O/c1-3-5-6-8-27-9-15-29(16-10-27)31-19-21-32(22-20-31)30-17-11-28(12-18-30)25-34-33-23-13-26(7-4-2)14-24-33/h11-14,17-19,21,23-24,27,29,31-32H,3-10,15-16,20,22,25H2,1-2H3. The number of hydrogen-bond donors (Lipinski definition) is 0. The molecule has 0 spiro atoms. The molecule has 1 heteroatoms. The van der Waals surface area contributed by atoms with E-state index in [0.717, 1.165) is 29.9 Å². The zero-order valence-corrected chi connectivity index (χ0v) is 21.7. The van der Waals surface area contributed by atoms with Gasteiger partial charge in [0.05, 0.1) is 0 Å². The summed E-state index contributed by atoms with van der Waals surface area (Å²) in [6, 6.07) is 17.7. The summed E-state index contributed by atoms with van der Waals surface area (Å²) >= 11 is 0. The summed E-state index contributed by atoms with van der Waals surface area (Å²) in [5.74, 6) is 4.33. The van der Waals surface area contributed by atoms with Crippen LogP contribution in [0, 0.1) is 17.8 Å². The SMILES string of the molecule is CCCCCC1CCC(C2C=CC(c3ccc(COc4ccc(CCC)cc4)cc3)CC2)CC1.